The Balaban J connectivity index is 2.11. The van der Waals surface area contributed by atoms with Gasteiger partial charge in [-0.25, -0.2) is 0 Å². The van der Waals surface area contributed by atoms with Crippen molar-refractivity contribution in [3.05, 3.63) is 37.0 Å². The maximum atomic E-state index is 9.44. The van der Waals surface area contributed by atoms with E-state index in [0.29, 0.717) is 12.5 Å². The number of hydrogen-bond acceptors (Lipinski definition) is 2. The van der Waals surface area contributed by atoms with Crippen LogP contribution in [0, 0.1) is 5.92 Å². The number of aliphatic hydroxyl groups is 1. The topological polar surface area (TPSA) is 29.5 Å². The standard InChI is InChI=1S/C13H20O2/c1-2-3-4-5-10-13(14)15-11-12-8-6-7-9-12/h2-5,10,12-14H,1,6-9,11H2/b4-3-,10-5+. The van der Waals surface area contributed by atoms with Gasteiger partial charge in [0.1, 0.15) is 0 Å². The van der Waals surface area contributed by atoms with E-state index in [1.54, 1.807) is 24.3 Å². The van der Waals surface area contributed by atoms with E-state index in [4.69, 9.17) is 4.74 Å². The summed E-state index contributed by atoms with van der Waals surface area (Å²) in [5, 5.41) is 9.44. The molecule has 1 unspecified atom stereocenters. The summed E-state index contributed by atoms with van der Waals surface area (Å²) < 4.78 is 5.32. The highest BCUT2D eigenvalue weighted by atomic mass is 16.6. The van der Waals surface area contributed by atoms with Crippen molar-refractivity contribution in [1.29, 1.82) is 0 Å². The van der Waals surface area contributed by atoms with Gasteiger partial charge in [0.2, 0.25) is 0 Å². The molecular weight excluding hydrogens is 188 g/mol. The van der Waals surface area contributed by atoms with E-state index in [9.17, 15) is 5.11 Å². The van der Waals surface area contributed by atoms with E-state index in [1.165, 1.54) is 25.7 Å². The lowest BCUT2D eigenvalue weighted by atomic mass is 10.1. The monoisotopic (exact) mass is 208 g/mol. The van der Waals surface area contributed by atoms with Gasteiger partial charge in [0.05, 0.1) is 6.61 Å². The van der Waals surface area contributed by atoms with Crippen molar-refractivity contribution in [2.24, 2.45) is 5.92 Å². The second-order valence-electron chi connectivity index (χ2n) is 3.88. The van der Waals surface area contributed by atoms with E-state index in [1.807, 2.05) is 6.08 Å². The summed E-state index contributed by atoms with van der Waals surface area (Å²) in [4.78, 5) is 0. The molecular formula is C13H20O2. The van der Waals surface area contributed by atoms with Crippen molar-refractivity contribution in [2.75, 3.05) is 6.61 Å². The van der Waals surface area contributed by atoms with E-state index in [-0.39, 0.29) is 0 Å². The molecule has 84 valence electrons. The molecule has 0 radical (unpaired) electrons. The van der Waals surface area contributed by atoms with Crippen LogP contribution in [-0.2, 0) is 4.74 Å². The second-order valence-corrected chi connectivity index (χ2v) is 3.88. The normalized spacial score (nSPS) is 20.3. The van der Waals surface area contributed by atoms with Gasteiger partial charge in [0.15, 0.2) is 6.29 Å². The molecule has 1 fully saturated rings. The minimum Gasteiger partial charge on any atom is -0.365 e. The molecule has 2 nitrogen and oxygen atoms in total. The summed E-state index contributed by atoms with van der Waals surface area (Å²) in [7, 11) is 0. The van der Waals surface area contributed by atoms with Crippen molar-refractivity contribution in [3.8, 4) is 0 Å². The number of aliphatic hydroxyl groups excluding tert-OH is 1. The maximum Gasteiger partial charge on any atom is 0.174 e. The summed E-state index contributed by atoms with van der Waals surface area (Å²) >= 11 is 0. The van der Waals surface area contributed by atoms with Crippen LogP contribution in [0.2, 0.25) is 0 Å². The first-order chi connectivity index (χ1) is 7.33. The molecule has 1 aliphatic rings. The Labute approximate surface area is 92.0 Å². The molecule has 15 heavy (non-hydrogen) atoms. The lowest BCUT2D eigenvalue weighted by Crippen LogP contribution is -2.14. The van der Waals surface area contributed by atoms with Crippen molar-refractivity contribution >= 4 is 0 Å². The molecule has 1 aliphatic carbocycles. The van der Waals surface area contributed by atoms with Crippen LogP contribution in [0.3, 0.4) is 0 Å². The molecule has 0 aromatic rings. The van der Waals surface area contributed by atoms with Crippen LogP contribution in [0.1, 0.15) is 25.7 Å². The van der Waals surface area contributed by atoms with Gasteiger partial charge in [-0.15, -0.1) is 0 Å². The Morgan fingerprint density at radius 1 is 1.27 bits per heavy atom. The number of allylic oxidation sites excluding steroid dienone is 4. The first-order valence-electron chi connectivity index (χ1n) is 5.58. The van der Waals surface area contributed by atoms with Crippen LogP contribution < -0.4 is 0 Å². The van der Waals surface area contributed by atoms with Crippen LogP contribution in [0.15, 0.2) is 37.0 Å². The zero-order valence-electron chi connectivity index (χ0n) is 9.14. The molecule has 2 heteroatoms. The summed E-state index contributed by atoms with van der Waals surface area (Å²) in [6, 6.07) is 0. The highest BCUT2D eigenvalue weighted by molar-refractivity contribution is 5.09. The smallest absolute Gasteiger partial charge is 0.174 e. The lowest BCUT2D eigenvalue weighted by molar-refractivity contribution is -0.0756. The Bertz CT molecular complexity index is 225. The maximum absolute atomic E-state index is 9.44. The fraction of sp³-hybridized carbons (Fsp3) is 0.538. The molecule has 0 saturated heterocycles. The summed E-state index contributed by atoms with van der Waals surface area (Å²) in [6.45, 7) is 4.23. The molecule has 0 aromatic heterocycles. The van der Waals surface area contributed by atoms with Crippen LogP contribution in [0.25, 0.3) is 0 Å². The van der Waals surface area contributed by atoms with Crippen molar-refractivity contribution in [1.82, 2.24) is 0 Å². The van der Waals surface area contributed by atoms with Gasteiger partial charge in [0.25, 0.3) is 0 Å². The molecule has 1 saturated carbocycles. The fourth-order valence-electron chi connectivity index (χ4n) is 1.77. The van der Waals surface area contributed by atoms with Crippen molar-refractivity contribution in [2.45, 2.75) is 32.0 Å². The number of ether oxygens (including phenoxy) is 1. The second kappa shape index (κ2) is 7.43. The van der Waals surface area contributed by atoms with Crippen molar-refractivity contribution < 1.29 is 9.84 Å². The van der Waals surface area contributed by atoms with Gasteiger partial charge in [0, 0.05) is 0 Å². The Morgan fingerprint density at radius 3 is 2.67 bits per heavy atom. The minimum atomic E-state index is -0.778. The molecule has 1 rings (SSSR count). The minimum absolute atomic E-state index is 0.650. The summed E-state index contributed by atoms with van der Waals surface area (Å²) in [5.41, 5.74) is 0. The summed E-state index contributed by atoms with van der Waals surface area (Å²) in [5.74, 6) is 0.650. The first-order valence-corrected chi connectivity index (χ1v) is 5.58. The quantitative estimate of drug-likeness (QED) is 0.537. The molecule has 0 bridgehead atoms. The predicted molar refractivity (Wildman–Crippen MR) is 62.4 cm³/mol. The van der Waals surface area contributed by atoms with Gasteiger partial charge < -0.3 is 9.84 Å². The fourth-order valence-corrected chi connectivity index (χ4v) is 1.77. The third-order valence-corrected chi connectivity index (χ3v) is 2.61. The van der Waals surface area contributed by atoms with Gasteiger partial charge in [-0.1, -0.05) is 43.7 Å². The highest BCUT2D eigenvalue weighted by Gasteiger charge is 2.15. The van der Waals surface area contributed by atoms with Gasteiger partial charge in [-0.05, 0) is 24.8 Å². The van der Waals surface area contributed by atoms with Gasteiger partial charge >= 0.3 is 0 Å². The number of rotatable bonds is 6. The van der Waals surface area contributed by atoms with Crippen LogP contribution in [0.4, 0.5) is 0 Å². The van der Waals surface area contributed by atoms with Gasteiger partial charge in [-0.3, -0.25) is 0 Å². The van der Waals surface area contributed by atoms with Crippen molar-refractivity contribution in [3.63, 3.8) is 0 Å². The first kappa shape index (κ1) is 12.2. The highest BCUT2D eigenvalue weighted by Crippen LogP contribution is 2.24. The molecule has 1 atom stereocenters. The average Bonchev–Trinajstić information content (AvgIpc) is 2.74. The molecule has 0 heterocycles. The molecule has 0 amide bonds. The zero-order valence-corrected chi connectivity index (χ0v) is 9.14. The van der Waals surface area contributed by atoms with E-state index in [2.05, 4.69) is 6.58 Å². The third kappa shape index (κ3) is 5.55. The van der Waals surface area contributed by atoms with Gasteiger partial charge in [-0.2, -0.15) is 0 Å². The zero-order chi connectivity index (χ0) is 10.9. The lowest BCUT2D eigenvalue weighted by Gasteiger charge is -2.12. The molecule has 0 aliphatic heterocycles. The molecule has 0 aromatic carbocycles. The Morgan fingerprint density at radius 2 is 2.00 bits per heavy atom. The molecule has 0 spiro atoms. The molecule has 1 N–H and O–H groups in total. The van der Waals surface area contributed by atoms with Crippen LogP contribution >= 0.6 is 0 Å². The predicted octanol–water partition coefficient (Wildman–Crippen LogP) is 2.81. The SMILES string of the molecule is C=C/C=C\C=C\C(O)OCC1CCCC1. The van der Waals surface area contributed by atoms with Crippen LogP contribution in [0.5, 0.6) is 0 Å². The van der Waals surface area contributed by atoms with E-state index in [0.717, 1.165) is 0 Å². The number of hydrogen-bond donors (Lipinski definition) is 1. The van der Waals surface area contributed by atoms with E-state index < -0.39 is 6.29 Å². The Kier molecular flexibility index (Phi) is 6.05. The largest absolute Gasteiger partial charge is 0.365 e. The summed E-state index contributed by atoms with van der Waals surface area (Å²) in [6.07, 6.45) is 13.0. The van der Waals surface area contributed by atoms with E-state index >= 15 is 0 Å². The van der Waals surface area contributed by atoms with Crippen LogP contribution in [-0.4, -0.2) is 18.0 Å². The average molecular weight is 208 g/mol. The Hall–Kier alpha value is -0.860. The third-order valence-electron chi connectivity index (χ3n) is 2.61.